The van der Waals surface area contributed by atoms with Crippen molar-refractivity contribution in [2.75, 3.05) is 6.54 Å². The van der Waals surface area contributed by atoms with Crippen LogP contribution in [0.2, 0.25) is 0 Å². The summed E-state index contributed by atoms with van der Waals surface area (Å²) in [6.45, 7) is 2.70. The zero-order chi connectivity index (χ0) is 14.5. The van der Waals surface area contributed by atoms with E-state index in [-0.39, 0.29) is 17.6 Å². The predicted octanol–water partition coefficient (Wildman–Crippen LogP) is 4.19. The van der Waals surface area contributed by atoms with Crippen molar-refractivity contribution in [3.8, 4) is 5.75 Å². The largest absolute Gasteiger partial charge is 0.508 e. The summed E-state index contributed by atoms with van der Waals surface area (Å²) in [5.41, 5.74) is 1.80. The molecule has 0 saturated carbocycles. The van der Waals surface area contributed by atoms with E-state index >= 15 is 0 Å². The second-order valence-corrected chi connectivity index (χ2v) is 5.67. The Morgan fingerprint density at radius 3 is 2.55 bits per heavy atom. The molecule has 20 heavy (non-hydrogen) atoms. The minimum atomic E-state index is -0.205. The van der Waals surface area contributed by atoms with Gasteiger partial charge < -0.3 is 10.4 Å². The van der Waals surface area contributed by atoms with Crippen molar-refractivity contribution in [1.29, 1.82) is 0 Å². The number of hydrogen-bond donors (Lipinski definition) is 2. The van der Waals surface area contributed by atoms with Gasteiger partial charge in [-0.1, -0.05) is 34.1 Å². The van der Waals surface area contributed by atoms with Gasteiger partial charge in [0.15, 0.2) is 0 Å². The smallest absolute Gasteiger partial charge is 0.129 e. The molecule has 2 N–H and O–H groups in total. The topological polar surface area (TPSA) is 32.3 Å². The van der Waals surface area contributed by atoms with Crippen LogP contribution in [-0.4, -0.2) is 11.7 Å². The van der Waals surface area contributed by atoms with E-state index in [4.69, 9.17) is 0 Å². The molecule has 0 heterocycles. The fourth-order valence-corrected chi connectivity index (χ4v) is 2.39. The number of hydrogen-bond acceptors (Lipinski definition) is 2. The van der Waals surface area contributed by atoms with Crippen LogP contribution in [0, 0.1) is 5.82 Å². The normalized spacial score (nSPS) is 12.3. The standard InChI is InChI=1S/C16H17BrFNO/c1-11(15-7-4-13(17)10-16(15)18)19-9-8-12-2-5-14(20)6-3-12/h2-7,10-11,19-20H,8-9H2,1H3. The highest BCUT2D eigenvalue weighted by molar-refractivity contribution is 9.10. The summed E-state index contributed by atoms with van der Waals surface area (Å²) in [7, 11) is 0. The van der Waals surface area contributed by atoms with Gasteiger partial charge in [0.2, 0.25) is 0 Å². The first-order valence-corrected chi connectivity index (χ1v) is 7.32. The van der Waals surface area contributed by atoms with Crippen molar-refractivity contribution in [3.63, 3.8) is 0 Å². The molecule has 2 nitrogen and oxygen atoms in total. The number of phenolic OH excluding ortho intramolecular Hbond substituents is 1. The van der Waals surface area contributed by atoms with Crippen LogP contribution in [0.3, 0.4) is 0 Å². The minimum Gasteiger partial charge on any atom is -0.508 e. The fourth-order valence-electron chi connectivity index (χ4n) is 2.06. The van der Waals surface area contributed by atoms with Gasteiger partial charge in [-0.2, -0.15) is 0 Å². The minimum absolute atomic E-state index is 0.0415. The number of benzene rings is 2. The maximum Gasteiger partial charge on any atom is 0.129 e. The van der Waals surface area contributed by atoms with Crippen LogP contribution < -0.4 is 5.32 Å². The molecular weight excluding hydrogens is 321 g/mol. The summed E-state index contributed by atoms with van der Waals surface area (Å²) >= 11 is 3.25. The van der Waals surface area contributed by atoms with Crippen LogP contribution in [-0.2, 0) is 6.42 Å². The molecule has 0 amide bonds. The van der Waals surface area contributed by atoms with Crippen LogP contribution in [0.15, 0.2) is 46.9 Å². The lowest BCUT2D eigenvalue weighted by molar-refractivity contribution is 0.475. The monoisotopic (exact) mass is 337 g/mol. The molecule has 0 aliphatic heterocycles. The Morgan fingerprint density at radius 2 is 1.90 bits per heavy atom. The SMILES string of the molecule is CC(NCCc1ccc(O)cc1)c1ccc(Br)cc1F. The van der Waals surface area contributed by atoms with Crippen LogP contribution in [0.1, 0.15) is 24.1 Å². The molecule has 1 atom stereocenters. The first kappa shape index (κ1) is 15.0. The molecule has 4 heteroatoms. The molecule has 0 spiro atoms. The van der Waals surface area contributed by atoms with E-state index in [0.29, 0.717) is 5.56 Å². The van der Waals surface area contributed by atoms with Gasteiger partial charge in [0.25, 0.3) is 0 Å². The van der Waals surface area contributed by atoms with E-state index in [9.17, 15) is 9.50 Å². The summed E-state index contributed by atoms with van der Waals surface area (Å²) in [5.74, 6) is 0.0658. The maximum atomic E-state index is 13.8. The van der Waals surface area contributed by atoms with Gasteiger partial charge in [0.1, 0.15) is 11.6 Å². The molecule has 0 aromatic heterocycles. The summed E-state index contributed by atoms with van der Waals surface area (Å²) in [4.78, 5) is 0. The highest BCUT2D eigenvalue weighted by Crippen LogP contribution is 2.20. The molecule has 0 radical (unpaired) electrons. The van der Waals surface area contributed by atoms with E-state index in [1.165, 1.54) is 6.07 Å². The molecule has 0 aliphatic carbocycles. The maximum absolute atomic E-state index is 13.8. The molecule has 106 valence electrons. The third-order valence-corrected chi connectivity index (χ3v) is 3.72. The molecule has 0 fully saturated rings. The van der Waals surface area contributed by atoms with Crippen molar-refractivity contribution in [2.24, 2.45) is 0 Å². The van der Waals surface area contributed by atoms with Gasteiger partial charge in [-0.05, 0) is 49.7 Å². The first-order chi connectivity index (χ1) is 9.56. The molecule has 2 aromatic carbocycles. The van der Waals surface area contributed by atoms with Crippen molar-refractivity contribution in [2.45, 2.75) is 19.4 Å². The molecule has 2 rings (SSSR count). The van der Waals surface area contributed by atoms with Crippen molar-refractivity contribution in [3.05, 3.63) is 63.9 Å². The molecule has 2 aromatic rings. The lowest BCUT2D eigenvalue weighted by Gasteiger charge is -2.15. The third kappa shape index (κ3) is 4.05. The average molecular weight is 338 g/mol. The lowest BCUT2D eigenvalue weighted by Crippen LogP contribution is -2.22. The highest BCUT2D eigenvalue weighted by atomic mass is 79.9. The zero-order valence-corrected chi connectivity index (χ0v) is 12.8. The van der Waals surface area contributed by atoms with Gasteiger partial charge in [0, 0.05) is 16.1 Å². The Morgan fingerprint density at radius 1 is 1.20 bits per heavy atom. The Labute approximate surface area is 126 Å². The average Bonchev–Trinajstić information content (AvgIpc) is 2.41. The van der Waals surface area contributed by atoms with Crippen LogP contribution in [0.5, 0.6) is 5.75 Å². The summed E-state index contributed by atoms with van der Waals surface area (Å²) in [6.07, 6.45) is 0.836. The van der Waals surface area contributed by atoms with E-state index in [2.05, 4.69) is 21.2 Å². The zero-order valence-electron chi connectivity index (χ0n) is 11.2. The summed E-state index contributed by atoms with van der Waals surface area (Å²) < 4.78 is 14.5. The number of nitrogens with one attached hydrogen (secondary N) is 1. The summed E-state index contributed by atoms with van der Waals surface area (Å²) in [6, 6.07) is 12.2. The van der Waals surface area contributed by atoms with Gasteiger partial charge in [-0.15, -0.1) is 0 Å². The van der Waals surface area contributed by atoms with Crippen LogP contribution in [0.4, 0.5) is 4.39 Å². The molecule has 0 bridgehead atoms. The van der Waals surface area contributed by atoms with Crippen molar-refractivity contribution in [1.82, 2.24) is 5.32 Å². The molecule has 0 aliphatic rings. The lowest BCUT2D eigenvalue weighted by atomic mass is 10.1. The molecule has 1 unspecified atom stereocenters. The third-order valence-electron chi connectivity index (χ3n) is 3.23. The Kier molecular flexibility index (Phi) is 5.15. The second-order valence-electron chi connectivity index (χ2n) is 4.76. The fraction of sp³-hybridized carbons (Fsp3) is 0.250. The van der Waals surface area contributed by atoms with Gasteiger partial charge in [-0.25, -0.2) is 4.39 Å². The summed E-state index contributed by atoms with van der Waals surface area (Å²) in [5, 5.41) is 12.5. The van der Waals surface area contributed by atoms with Gasteiger partial charge >= 0.3 is 0 Å². The number of halogens is 2. The number of rotatable bonds is 5. The highest BCUT2D eigenvalue weighted by Gasteiger charge is 2.10. The van der Waals surface area contributed by atoms with Gasteiger partial charge in [0.05, 0.1) is 0 Å². The Balaban J connectivity index is 1.88. The first-order valence-electron chi connectivity index (χ1n) is 6.52. The van der Waals surface area contributed by atoms with Crippen molar-refractivity contribution >= 4 is 15.9 Å². The quantitative estimate of drug-likeness (QED) is 0.857. The molecule has 0 saturated heterocycles. The van der Waals surface area contributed by atoms with E-state index < -0.39 is 0 Å². The van der Waals surface area contributed by atoms with Gasteiger partial charge in [-0.3, -0.25) is 0 Å². The van der Waals surface area contributed by atoms with Crippen LogP contribution in [0.25, 0.3) is 0 Å². The van der Waals surface area contributed by atoms with Crippen LogP contribution >= 0.6 is 15.9 Å². The number of phenols is 1. The van der Waals surface area contributed by atoms with E-state index in [1.807, 2.05) is 25.1 Å². The Hall–Kier alpha value is -1.39. The predicted molar refractivity (Wildman–Crippen MR) is 82.3 cm³/mol. The second kappa shape index (κ2) is 6.86. The molecular formula is C16H17BrFNO. The number of aromatic hydroxyl groups is 1. The van der Waals surface area contributed by atoms with Crippen molar-refractivity contribution < 1.29 is 9.50 Å². The van der Waals surface area contributed by atoms with E-state index in [0.717, 1.165) is 23.0 Å². The Bertz CT molecular complexity index is 571. The van der Waals surface area contributed by atoms with E-state index in [1.54, 1.807) is 18.2 Å².